The molecule has 6 nitrogen and oxygen atoms in total. The lowest BCUT2D eigenvalue weighted by Crippen LogP contribution is -2.21. The molecule has 0 bridgehead atoms. The largest absolute Gasteiger partial charge is 0.424 e. The number of nitrogens with two attached hydrogens (primary N) is 1. The van der Waals surface area contributed by atoms with Crippen LogP contribution in [0, 0.1) is 12.7 Å². The van der Waals surface area contributed by atoms with Crippen molar-refractivity contribution in [3.63, 3.8) is 0 Å². The summed E-state index contributed by atoms with van der Waals surface area (Å²) in [5.74, 6) is 0.816. The first kappa shape index (κ1) is 13.5. The quantitative estimate of drug-likeness (QED) is 0.934. The monoisotopic (exact) mass is 289 g/mol. The normalized spacial score (nSPS) is 14.5. The van der Waals surface area contributed by atoms with Crippen molar-refractivity contribution in [2.75, 3.05) is 23.7 Å². The van der Waals surface area contributed by atoms with Crippen molar-refractivity contribution < 1.29 is 9.13 Å². The Kier molecular flexibility index (Phi) is 3.55. The lowest BCUT2D eigenvalue weighted by Gasteiger charge is -2.15. The standard InChI is InChI=1S/C14H16FN5O/c1-9-8-10(4-5-11(9)15)21-14-18-12(16)17-13(19-14)20-6-2-3-7-20/h4-5,8H,2-3,6-7H2,1H3,(H2,16,17,18,19). The molecule has 1 aliphatic heterocycles. The lowest BCUT2D eigenvalue weighted by molar-refractivity contribution is 0.438. The highest BCUT2D eigenvalue weighted by molar-refractivity contribution is 5.38. The maximum atomic E-state index is 13.2. The van der Waals surface area contributed by atoms with Gasteiger partial charge in [0.05, 0.1) is 0 Å². The van der Waals surface area contributed by atoms with Crippen LogP contribution in [0.3, 0.4) is 0 Å². The fraction of sp³-hybridized carbons (Fsp3) is 0.357. The van der Waals surface area contributed by atoms with E-state index in [2.05, 4.69) is 15.0 Å². The minimum Gasteiger partial charge on any atom is -0.424 e. The molecule has 2 N–H and O–H groups in total. The average Bonchev–Trinajstić information content (AvgIpc) is 2.96. The summed E-state index contributed by atoms with van der Waals surface area (Å²) in [5, 5.41) is 0. The Balaban J connectivity index is 1.85. The molecule has 2 heterocycles. The fourth-order valence-electron chi connectivity index (χ4n) is 2.25. The first-order valence-corrected chi connectivity index (χ1v) is 6.82. The van der Waals surface area contributed by atoms with Crippen LogP contribution < -0.4 is 15.4 Å². The van der Waals surface area contributed by atoms with E-state index in [0.29, 0.717) is 17.3 Å². The lowest BCUT2D eigenvalue weighted by atomic mass is 10.2. The van der Waals surface area contributed by atoms with Crippen molar-refractivity contribution in [1.29, 1.82) is 0 Å². The van der Waals surface area contributed by atoms with Crippen LogP contribution in [0.4, 0.5) is 16.3 Å². The van der Waals surface area contributed by atoms with Crippen molar-refractivity contribution >= 4 is 11.9 Å². The Morgan fingerprint density at radius 3 is 2.67 bits per heavy atom. The zero-order valence-corrected chi connectivity index (χ0v) is 11.7. The predicted molar refractivity (Wildman–Crippen MR) is 76.9 cm³/mol. The van der Waals surface area contributed by atoms with Gasteiger partial charge in [-0.1, -0.05) is 0 Å². The first-order chi connectivity index (χ1) is 10.1. The number of hydrogen-bond acceptors (Lipinski definition) is 6. The van der Waals surface area contributed by atoms with Crippen molar-refractivity contribution in [2.24, 2.45) is 0 Å². The SMILES string of the molecule is Cc1cc(Oc2nc(N)nc(N3CCCC3)n2)ccc1F. The molecule has 0 spiro atoms. The molecule has 2 aromatic rings. The molecule has 1 aromatic heterocycles. The molecule has 0 atom stereocenters. The van der Waals surface area contributed by atoms with E-state index >= 15 is 0 Å². The number of halogens is 1. The maximum absolute atomic E-state index is 13.2. The number of hydrogen-bond donors (Lipinski definition) is 1. The van der Waals surface area contributed by atoms with Crippen LogP contribution in [0.2, 0.25) is 0 Å². The molecular formula is C14H16FN5O. The molecule has 0 aliphatic carbocycles. The number of nitrogens with zero attached hydrogens (tertiary/aromatic N) is 4. The Morgan fingerprint density at radius 1 is 1.19 bits per heavy atom. The van der Waals surface area contributed by atoms with Crippen LogP contribution >= 0.6 is 0 Å². The molecule has 110 valence electrons. The van der Waals surface area contributed by atoms with Gasteiger partial charge < -0.3 is 15.4 Å². The molecule has 0 unspecified atom stereocenters. The minimum atomic E-state index is -0.282. The first-order valence-electron chi connectivity index (χ1n) is 6.82. The van der Waals surface area contributed by atoms with Gasteiger partial charge in [-0.05, 0) is 43.5 Å². The molecule has 3 rings (SSSR count). The second-order valence-corrected chi connectivity index (χ2v) is 4.98. The molecule has 1 fully saturated rings. The third-order valence-corrected chi connectivity index (χ3v) is 3.35. The topological polar surface area (TPSA) is 77.2 Å². The minimum absolute atomic E-state index is 0.112. The van der Waals surface area contributed by atoms with E-state index in [0.717, 1.165) is 25.9 Å². The van der Waals surface area contributed by atoms with Crippen molar-refractivity contribution in [3.8, 4) is 11.8 Å². The number of ether oxygens (including phenoxy) is 1. The van der Waals surface area contributed by atoms with E-state index in [9.17, 15) is 4.39 Å². The molecule has 7 heteroatoms. The maximum Gasteiger partial charge on any atom is 0.328 e. The highest BCUT2D eigenvalue weighted by atomic mass is 19.1. The summed E-state index contributed by atoms with van der Waals surface area (Å²) >= 11 is 0. The van der Waals surface area contributed by atoms with Crippen molar-refractivity contribution in [3.05, 3.63) is 29.6 Å². The molecule has 1 saturated heterocycles. The molecule has 1 aromatic carbocycles. The van der Waals surface area contributed by atoms with E-state index < -0.39 is 0 Å². The van der Waals surface area contributed by atoms with Crippen LogP contribution in [0.1, 0.15) is 18.4 Å². The molecular weight excluding hydrogens is 273 g/mol. The van der Waals surface area contributed by atoms with E-state index in [-0.39, 0.29) is 17.8 Å². The van der Waals surface area contributed by atoms with Crippen molar-refractivity contribution in [1.82, 2.24) is 15.0 Å². The summed E-state index contributed by atoms with van der Waals surface area (Å²) < 4.78 is 18.8. The van der Waals surface area contributed by atoms with Crippen LogP contribution in [0.25, 0.3) is 0 Å². The van der Waals surface area contributed by atoms with E-state index in [1.165, 1.54) is 12.1 Å². The van der Waals surface area contributed by atoms with Crippen LogP contribution in [0.15, 0.2) is 18.2 Å². The Morgan fingerprint density at radius 2 is 1.95 bits per heavy atom. The summed E-state index contributed by atoms with van der Waals surface area (Å²) in [5.41, 5.74) is 6.20. The average molecular weight is 289 g/mol. The van der Waals surface area contributed by atoms with Gasteiger partial charge in [0, 0.05) is 13.1 Å². The third-order valence-electron chi connectivity index (χ3n) is 3.35. The smallest absolute Gasteiger partial charge is 0.328 e. The van der Waals surface area contributed by atoms with Crippen LogP contribution in [0.5, 0.6) is 11.8 Å². The highest BCUT2D eigenvalue weighted by Crippen LogP contribution is 2.23. The number of nitrogen functional groups attached to an aromatic ring is 1. The van der Waals surface area contributed by atoms with Gasteiger partial charge >= 0.3 is 6.01 Å². The number of aryl methyl sites for hydroxylation is 1. The van der Waals surface area contributed by atoms with Gasteiger partial charge in [-0.2, -0.15) is 15.0 Å². The Bertz CT molecular complexity index is 658. The molecule has 21 heavy (non-hydrogen) atoms. The summed E-state index contributed by atoms with van der Waals surface area (Å²) in [6.07, 6.45) is 2.22. The zero-order chi connectivity index (χ0) is 14.8. The second-order valence-electron chi connectivity index (χ2n) is 4.98. The van der Waals surface area contributed by atoms with Crippen LogP contribution in [-0.4, -0.2) is 28.0 Å². The van der Waals surface area contributed by atoms with E-state index in [4.69, 9.17) is 10.5 Å². The molecule has 0 saturated carbocycles. The number of aromatic nitrogens is 3. The van der Waals surface area contributed by atoms with Gasteiger partial charge in [0.1, 0.15) is 11.6 Å². The summed E-state index contributed by atoms with van der Waals surface area (Å²) in [6.45, 7) is 3.47. The van der Waals surface area contributed by atoms with Crippen molar-refractivity contribution in [2.45, 2.75) is 19.8 Å². The zero-order valence-electron chi connectivity index (χ0n) is 11.7. The molecule has 0 radical (unpaired) electrons. The van der Waals surface area contributed by atoms with Gasteiger partial charge in [0.2, 0.25) is 11.9 Å². The Hall–Kier alpha value is -2.44. The van der Waals surface area contributed by atoms with Gasteiger partial charge in [0.15, 0.2) is 0 Å². The molecule has 1 aliphatic rings. The summed E-state index contributed by atoms with van der Waals surface area (Å²) in [4.78, 5) is 14.4. The van der Waals surface area contributed by atoms with E-state index in [1.807, 2.05) is 4.90 Å². The van der Waals surface area contributed by atoms with Gasteiger partial charge in [0.25, 0.3) is 0 Å². The third kappa shape index (κ3) is 3.01. The Labute approximate surface area is 121 Å². The molecule has 0 amide bonds. The second kappa shape index (κ2) is 5.51. The van der Waals surface area contributed by atoms with E-state index in [1.54, 1.807) is 13.0 Å². The number of benzene rings is 1. The van der Waals surface area contributed by atoms with Gasteiger partial charge in [-0.3, -0.25) is 0 Å². The van der Waals surface area contributed by atoms with Crippen LogP contribution in [-0.2, 0) is 0 Å². The number of rotatable bonds is 3. The number of anilines is 2. The highest BCUT2D eigenvalue weighted by Gasteiger charge is 2.17. The fourth-order valence-corrected chi connectivity index (χ4v) is 2.25. The van der Waals surface area contributed by atoms with Gasteiger partial charge in [-0.15, -0.1) is 0 Å². The summed E-state index contributed by atoms with van der Waals surface area (Å²) in [7, 11) is 0. The predicted octanol–water partition coefficient (Wildman–Crippen LogP) is 2.29. The van der Waals surface area contributed by atoms with Gasteiger partial charge in [-0.25, -0.2) is 4.39 Å². The summed E-state index contributed by atoms with van der Waals surface area (Å²) in [6, 6.07) is 4.58.